The quantitative estimate of drug-likeness (QED) is 0.597. The molecule has 0 saturated heterocycles. The van der Waals surface area contributed by atoms with Gasteiger partial charge in [-0.05, 0) is 65.5 Å². The Bertz CT molecular complexity index is 1130. The molecular formula is C21H17BrN4O2. The van der Waals surface area contributed by atoms with Gasteiger partial charge in [0.2, 0.25) is 0 Å². The molecule has 0 radical (unpaired) electrons. The number of carbonyl (C=O) groups is 2. The molecule has 2 aromatic carbocycles. The summed E-state index contributed by atoms with van der Waals surface area (Å²) in [5, 5.41) is 0. The van der Waals surface area contributed by atoms with E-state index >= 15 is 0 Å². The Morgan fingerprint density at radius 3 is 2.32 bits per heavy atom. The predicted molar refractivity (Wildman–Crippen MR) is 108 cm³/mol. The number of benzene rings is 2. The van der Waals surface area contributed by atoms with Crippen LogP contribution in [0.15, 0.2) is 46.9 Å². The van der Waals surface area contributed by atoms with Crippen LogP contribution in [0.1, 0.15) is 63.2 Å². The molecular weight excluding hydrogens is 420 g/mol. The first kappa shape index (κ1) is 17.3. The third kappa shape index (κ3) is 2.86. The lowest BCUT2D eigenvalue weighted by atomic mass is 10.00. The summed E-state index contributed by atoms with van der Waals surface area (Å²) < 4.78 is 0.658. The van der Waals surface area contributed by atoms with E-state index < -0.39 is 11.8 Å². The van der Waals surface area contributed by atoms with E-state index in [1.807, 2.05) is 12.1 Å². The van der Waals surface area contributed by atoms with E-state index in [9.17, 15) is 9.59 Å². The van der Waals surface area contributed by atoms with Crippen LogP contribution in [0.5, 0.6) is 0 Å². The van der Waals surface area contributed by atoms with Crippen LogP contribution in [0, 0.1) is 0 Å². The first-order valence-corrected chi connectivity index (χ1v) is 10.1. The number of nitrogens with one attached hydrogen (secondary N) is 2. The fourth-order valence-corrected chi connectivity index (χ4v) is 4.67. The minimum atomic E-state index is -0.397. The summed E-state index contributed by atoms with van der Waals surface area (Å²) in [6.07, 6.45) is 3.54. The zero-order valence-corrected chi connectivity index (χ0v) is 16.5. The van der Waals surface area contributed by atoms with Crippen LogP contribution in [-0.2, 0) is 0 Å². The summed E-state index contributed by atoms with van der Waals surface area (Å²) in [4.78, 5) is 34.3. The van der Waals surface area contributed by atoms with Gasteiger partial charge in [-0.1, -0.05) is 12.1 Å². The summed E-state index contributed by atoms with van der Waals surface area (Å²) in [6.45, 7) is 0. The van der Waals surface area contributed by atoms with Crippen molar-refractivity contribution in [1.29, 1.82) is 0 Å². The number of hydrogen-bond acceptors (Lipinski definition) is 4. The first-order valence-electron chi connectivity index (χ1n) is 9.27. The number of halogens is 1. The van der Waals surface area contributed by atoms with E-state index in [0.717, 1.165) is 28.8 Å². The van der Waals surface area contributed by atoms with Crippen LogP contribution >= 0.6 is 15.9 Å². The van der Waals surface area contributed by atoms with Crippen molar-refractivity contribution in [2.24, 2.45) is 0 Å². The Kier molecular flexibility index (Phi) is 4.12. The highest BCUT2D eigenvalue weighted by Crippen LogP contribution is 2.51. The minimum Gasteiger partial charge on any atom is -0.267 e. The van der Waals surface area contributed by atoms with E-state index in [1.165, 1.54) is 12.8 Å². The maximum atomic E-state index is 12.5. The normalized spacial score (nSPS) is 19.5. The Morgan fingerprint density at radius 2 is 1.57 bits per heavy atom. The number of hydrazine groups is 1. The largest absolute Gasteiger partial charge is 0.270 e. The molecule has 0 aliphatic heterocycles. The molecule has 1 aromatic heterocycles. The summed E-state index contributed by atoms with van der Waals surface area (Å²) in [6, 6.07) is 12.3. The molecule has 7 heteroatoms. The van der Waals surface area contributed by atoms with Crippen molar-refractivity contribution in [1.82, 2.24) is 20.8 Å². The van der Waals surface area contributed by atoms with Gasteiger partial charge < -0.3 is 0 Å². The molecule has 2 unspecified atom stereocenters. The Balaban J connectivity index is 1.35. The molecule has 2 aliphatic rings. The molecule has 6 nitrogen and oxygen atoms in total. The molecule has 1 fully saturated rings. The zero-order valence-electron chi connectivity index (χ0n) is 14.9. The number of rotatable bonds is 2. The Morgan fingerprint density at radius 1 is 0.893 bits per heavy atom. The van der Waals surface area contributed by atoms with Gasteiger partial charge >= 0.3 is 0 Å². The van der Waals surface area contributed by atoms with Crippen molar-refractivity contribution in [3.63, 3.8) is 0 Å². The molecule has 2 aliphatic carbocycles. The van der Waals surface area contributed by atoms with Gasteiger partial charge in [-0.25, -0.2) is 9.97 Å². The fraction of sp³-hybridized carbons (Fsp3) is 0.238. The third-order valence-electron chi connectivity index (χ3n) is 5.60. The summed E-state index contributed by atoms with van der Waals surface area (Å²) in [7, 11) is 0. The van der Waals surface area contributed by atoms with Crippen molar-refractivity contribution < 1.29 is 9.59 Å². The zero-order chi connectivity index (χ0) is 19.3. The van der Waals surface area contributed by atoms with Gasteiger partial charge in [0.15, 0.2) is 0 Å². The smallest absolute Gasteiger partial charge is 0.267 e. The van der Waals surface area contributed by atoms with Gasteiger partial charge in [0.25, 0.3) is 11.8 Å². The summed E-state index contributed by atoms with van der Waals surface area (Å²) in [5.41, 5.74) is 9.54. The number of hydrogen-bond donors (Lipinski definition) is 2. The van der Waals surface area contributed by atoms with E-state index in [4.69, 9.17) is 9.97 Å². The van der Waals surface area contributed by atoms with Gasteiger partial charge in [0.05, 0.1) is 28.0 Å². The number of aromatic nitrogens is 2. The standard InChI is InChI=1S/C21H17BrN4O2/c22-15-4-2-1-3-14(15)21(28)26-25-20(27)13-7-8-16-17(10-13)24-19-12-6-5-11(9-12)18(19)23-16/h1-4,7-8,10-12H,5-6,9H2,(H,25,27)(H,26,28). The highest BCUT2D eigenvalue weighted by atomic mass is 79.9. The molecule has 2 atom stereocenters. The predicted octanol–water partition coefficient (Wildman–Crippen LogP) is 3.83. The Labute approximate surface area is 169 Å². The molecule has 0 spiro atoms. The van der Waals surface area contributed by atoms with E-state index in [0.29, 0.717) is 27.4 Å². The van der Waals surface area contributed by atoms with Gasteiger partial charge in [0.1, 0.15) is 0 Å². The van der Waals surface area contributed by atoms with Gasteiger partial charge in [-0.15, -0.1) is 0 Å². The SMILES string of the molecule is O=C(NNC(=O)c1ccccc1Br)c1ccc2nc3c(nc2c1)C1CCC3C1. The maximum absolute atomic E-state index is 12.5. The summed E-state index contributed by atoms with van der Waals surface area (Å²) >= 11 is 3.33. The average molecular weight is 437 g/mol. The molecule has 3 aromatic rings. The molecule has 1 heterocycles. The lowest BCUT2D eigenvalue weighted by molar-refractivity contribution is 0.0846. The number of amides is 2. The maximum Gasteiger partial charge on any atom is 0.270 e. The molecule has 2 bridgehead atoms. The third-order valence-corrected chi connectivity index (χ3v) is 6.29. The minimum absolute atomic E-state index is 0.393. The van der Waals surface area contributed by atoms with Crippen molar-refractivity contribution in [2.45, 2.75) is 31.1 Å². The first-order chi connectivity index (χ1) is 13.6. The van der Waals surface area contributed by atoms with Crippen molar-refractivity contribution in [3.8, 4) is 0 Å². The van der Waals surface area contributed by atoms with Gasteiger partial charge in [-0.2, -0.15) is 0 Å². The highest BCUT2D eigenvalue weighted by molar-refractivity contribution is 9.10. The second-order valence-corrected chi connectivity index (χ2v) is 8.15. The van der Waals surface area contributed by atoms with Crippen molar-refractivity contribution in [2.75, 3.05) is 0 Å². The van der Waals surface area contributed by atoms with E-state index in [-0.39, 0.29) is 0 Å². The second-order valence-electron chi connectivity index (χ2n) is 7.29. The average Bonchev–Trinajstić information content (AvgIpc) is 3.32. The molecule has 1 saturated carbocycles. The van der Waals surface area contributed by atoms with Crippen molar-refractivity contribution in [3.05, 3.63) is 69.5 Å². The Hall–Kier alpha value is -2.80. The number of nitrogens with zero attached hydrogens (tertiary/aromatic N) is 2. The lowest BCUT2D eigenvalue weighted by Crippen LogP contribution is -2.41. The van der Waals surface area contributed by atoms with Crippen LogP contribution in [0.2, 0.25) is 0 Å². The van der Waals surface area contributed by atoms with Crippen LogP contribution < -0.4 is 10.9 Å². The van der Waals surface area contributed by atoms with Crippen LogP contribution in [-0.4, -0.2) is 21.8 Å². The highest BCUT2D eigenvalue weighted by Gasteiger charge is 2.39. The van der Waals surface area contributed by atoms with Crippen LogP contribution in [0.4, 0.5) is 0 Å². The van der Waals surface area contributed by atoms with E-state index in [2.05, 4.69) is 26.8 Å². The monoisotopic (exact) mass is 436 g/mol. The van der Waals surface area contributed by atoms with Crippen LogP contribution in [0.3, 0.4) is 0 Å². The lowest BCUT2D eigenvalue weighted by Gasteiger charge is -2.14. The molecule has 28 heavy (non-hydrogen) atoms. The molecule has 140 valence electrons. The second kappa shape index (κ2) is 6.67. The van der Waals surface area contributed by atoms with Gasteiger partial charge in [0, 0.05) is 21.9 Å². The molecule has 2 N–H and O–H groups in total. The number of fused-ring (bicyclic) bond motifs is 6. The fourth-order valence-electron chi connectivity index (χ4n) is 4.20. The van der Waals surface area contributed by atoms with E-state index in [1.54, 1.807) is 30.3 Å². The van der Waals surface area contributed by atoms with Crippen LogP contribution in [0.25, 0.3) is 11.0 Å². The molecule has 5 rings (SSSR count). The van der Waals surface area contributed by atoms with Gasteiger partial charge in [-0.3, -0.25) is 20.4 Å². The summed E-state index contributed by atoms with van der Waals surface area (Å²) in [5.74, 6) is 0.270. The topological polar surface area (TPSA) is 84.0 Å². The molecule has 2 amide bonds. The number of carbonyl (C=O) groups excluding carboxylic acids is 2. The van der Waals surface area contributed by atoms with Crippen molar-refractivity contribution >= 4 is 38.8 Å².